The molecule has 126 valence electrons. The number of hydrogen-bond acceptors (Lipinski definition) is 4. The number of hydrogen-bond donors (Lipinski definition) is 4. The molecule has 0 aliphatic rings. The van der Waals surface area contributed by atoms with Crippen LogP contribution in [0.2, 0.25) is 0 Å². The Balaban J connectivity index is 2.17. The number of allylic oxidation sites excluding steroid dienone is 1. The van der Waals surface area contributed by atoms with Crippen molar-refractivity contribution in [3.63, 3.8) is 0 Å². The third-order valence-electron chi connectivity index (χ3n) is 3.60. The van der Waals surface area contributed by atoms with Gasteiger partial charge >= 0.3 is 0 Å². The van der Waals surface area contributed by atoms with E-state index < -0.39 is 11.1 Å². The Morgan fingerprint density at radius 3 is 2.40 bits per heavy atom. The van der Waals surface area contributed by atoms with Crippen LogP contribution < -0.4 is 21.8 Å². The molecule has 0 saturated carbocycles. The Labute approximate surface area is 141 Å². The predicted molar refractivity (Wildman–Crippen MR) is 95.5 cm³/mol. The van der Waals surface area contributed by atoms with Gasteiger partial charge in [-0.25, -0.2) is 4.98 Å². The van der Waals surface area contributed by atoms with Crippen LogP contribution in [0.15, 0.2) is 46.8 Å². The van der Waals surface area contributed by atoms with E-state index in [1.54, 1.807) is 18.2 Å². The maximum Gasteiger partial charge on any atom is 0.272 e. The molecule has 25 heavy (non-hydrogen) atoms. The van der Waals surface area contributed by atoms with Crippen molar-refractivity contribution in [3.05, 3.63) is 85.5 Å². The van der Waals surface area contributed by atoms with E-state index in [0.29, 0.717) is 17.0 Å². The number of benzene rings is 1. The van der Waals surface area contributed by atoms with Crippen LogP contribution in [0, 0.1) is 0 Å². The predicted octanol–water partition coefficient (Wildman–Crippen LogP) is 0.183. The number of nitrogens with zero attached hydrogens (tertiary/aromatic N) is 1. The van der Waals surface area contributed by atoms with Crippen LogP contribution in [0.4, 0.5) is 0 Å². The van der Waals surface area contributed by atoms with Crippen LogP contribution in [-0.2, 0) is 0 Å². The van der Waals surface area contributed by atoms with E-state index in [4.69, 9.17) is 0 Å². The molecular formula is C18H16N4O3. The Kier molecular flexibility index (Phi) is 4.21. The molecule has 0 fully saturated rings. The smallest absolute Gasteiger partial charge is 0.272 e. The van der Waals surface area contributed by atoms with Crippen LogP contribution >= 0.6 is 0 Å². The summed E-state index contributed by atoms with van der Waals surface area (Å²) >= 11 is 0. The Morgan fingerprint density at radius 1 is 1.12 bits per heavy atom. The molecule has 0 aliphatic heterocycles. The molecule has 0 atom stereocenters. The molecule has 4 N–H and O–H groups in total. The first-order valence-electron chi connectivity index (χ1n) is 7.49. The largest absolute Gasteiger partial charge is 0.507 e. The minimum Gasteiger partial charge on any atom is -0.507 e. The zero-order chi connectivity index (χ0) is 18.0. The van der Waals surface area contributed by atoms with Gasteiger partial charge in [0.2, 0.25) is 0 Å². The van der Waals surface area contributed by atoms with Crippen LogP contribution in [-0.4, -0.2) is 25.0 Å². The van der Waals surface area contributed by atoms with Gasteiger partial charge in [-0.05, 0) is 30.7 Å². The summed E-state index contributed by atoms with van der Waals surface area (Å²) < 4.78 is 0. The zero-order valence-corrected chi connectivity index (χ0v) is 13.5. The van der Waals surface area contributed by atoms with E-state index in [1.165, 1.54) is 24.5 Å². The number of aromatic hydroxyl groups is 1. The van der Waals surface area contributed by atoms with Crippen LogP contribution in [0.1, 0.15) is 23.9 Å². The molecule has 0 amide bonds. The molecule has 0 bridgehead atoms. The normalized spacial score (nSPS) is 12.5. The zero-order valence-electron chi connectivity index (χ0n) is 13.5. The Morgan fingerprint density at radius 2 is 1.76 bits per heavy atom. The van der Waals surface area contributed by atoms with E-state index >= 15 is 0 Å². The van der Waals surface area contributed by atoms with E-state index in [2.05, 4.69) is 26.5 Å². The molecular weight excluding hydrogens is 320 g/mol. The topological polar surface area (TPSA) is 115 Å². The molecule has 0 unspecified atom stereocenters. The fraction of sp³-hybridized carbons (Fsp3) is 0.0556. The average molecular weight is 336 g/mol. The van der Waals surface area contributed by atoms with Crippen molar-refractivity contribution in [2.24, 2.45) is 0 Å². The van der Waals surface area contributed by atoms with Gasteiger partial charge in [0.25, 0.3) is 11.1 Å². The van der Waals surface area contributed by atoms with Crippen molar-refractivity contribution in [2.45, 2.75) is 6.92 Å². The molecule has 1 aromatic carbocycles. The number of phenols is 1. The number of para-hydroxylation sites is 1. The number of phenolic OH excluding ortho intramolecular Hbond substituents is 1. The van der Waals surface area contributed by atoms with Crippen molar-refractivity contribution in [3.8, 4) is 5.75 Å². The van der Waals surface area contributed by atoms with Gasteiger partial charge in [0.15, 0.2) is 0 Å². The second-order valence-electron chi connectivity index (χ2n) is 5.53. The van der Waals surface area contributed by atoms with Gasteiger partial charge in [-0.1, -0.05) is 24.8 Å². The number of nitrogens with one attached hydrogen (secondary N) is 3. The summed E-state index contributed by atoms with van der Waals surface area (Å²) in [6.45, 7) is 5.64. The van der Waals surface area contributed by atoms with Gasteiger partial charge in [0.1, 0.15) is 16.4 Å². The Hall–Kier alpha value is -3.61. The number of H-pyrrole nitrogens is 3. The van der Waals surface area contributed by atoms with Crippen molar-refractivity contribution < 1.29 is 5.11 Å². The molecule has 0 spiro atoms. The molecule has 7 heteroatoms. The highest BCUT2D eigenvalue weighted by molar-refractivity contribution is 5.66. The van der Waals surface area contributed by atoms with Crippen molar-refractivity contribution in [1.82, 2.24) is 19.9 Å². The van der Waals surface area contributed by atoms with E-state index in [-0.39, 0.29) is 16.4 Å². The first kappa shape index (κ1) is 16.3. The van der Waals surface area contributed by atoms with Crippen molar-refractivity contribution in [2.75, 3.05) is 0 Å². The molecule has 2 aromatic heterocycles. The summed E-state index contributed by atoms with van der Waals surface area (Å²) in [5.41, 5.74) is 1.42. The summed E-state index contributed by atoms with van der Waals surface area (Å²) in [6, 6.07) is 6.52. The maximum atomic E-state index is 12.3. The minimum atomic E-state index is -0.485. The fourth-order valence-corrected chi connectivity index (χ4v) is 2.35. The lowest BCUT2D eigenvalue weighted by Gasteiger charge is -1.97. The number of aromatic nitrogens is 4. The summed E-state index contributed by atoms with van der Waals surface area (Å²) in [4.78, 5) is 36.6. The fourth-order valence-electron chi connectivity index (χ4n) is 2.35. The van der Waals surface area contributed by atoms with Crippen molar-refractivity contribution in [1.29, 1.82) is 0 Å². The van der Waals surface area contributed by atoms with Gasteiger partial charge in [0, 0.05) is 5.56 Å². The molecule has 3 aromatic rings. The van der Waals surface area contributed by atoms with Gasteiger partial charge in [-0.3, -0.25) is 9.59 Å². The average Bonchev–Trinajstić information content (AvgIpc) is 3.02. The number of rotatable bonds is 3. The number of imidazole rings is 1. The highest BCUT2D eigenvalue weighted by Crippen LogP contribution is 2.15. The molecule has 7 nitrogen and oxygen atoms in total. The van der Waals surface area contributed by atoms with Gasteiger partial charge in [-0.2, -0.15) is 0 Å². The van der Waals surface area contributed by atoms with E-state index in [0.717, 1.165) is 5.57 Å². The first-order chi connectivity index (χ1) is 12.0. The Bertz CT molecular complexity index is 1180. The van der Waals surface area contributed by atoms with Gasteiger partial charge in [0.05, 0.1) is 17.7 Å². The molecule has 0 aliphatic carbocycles. The second kappa shape index (κ2) is 6.48. The number of aromatic amines is 3. The lowest BCUT2D eigenvalue weighted by molar-refractivity contribution is 0.474. The molecule has 2 heterocycles. The third-order valence-corrected chi connectivity index (χ3v) is 3.60. The molecule has 0 radical (unpaired) electrons. The first-order valence-corrected chi connectivity index (χ1v) is 7.49. The van der Waals surface area contributed by atoms with E-state index in [1.807, 2.05) is 6.92 Å². The van der Waals surface area contributed by atoms with Crippen molar-refractivity contribution >= 4 is 17.7 Å². The third kappa shape index (κ3) is 3.35. The summed E-state index contributed by atoms with van der Waals surface area (Å²) in [5.74, 6) is 0.0148. The van der Waals surface area contributed by atoms with E-state index in [9.17, 15) is 14.7 Å². The van der Waals surface area contributed by atoms with Crippen LogP contribution in [0.25, 0.3) is 17.7 Å². The van der Waals surface area contributed by atoms with Crippen LogP contribution in [0.5, 0.6) is 5.75 Å². The summed E-state index contributed by atoms with van der Waals surface area (Å²) in [6.07, 6.45) is 4.38. The standard InChI is InChI=1S/C18H16N4O3/c1-10(2)16-12(19-9-20-16)8-14-18(25)21-13(17(24)22-14)7-11-5-3-4-6-15(11)23/h3-9,23H,1H2,2H3,(H,19,20)(H,21,25)(H,22,24)/b13-7-,14-8-. The lowest BCUT2D eigenvalue weighted by atomic mass is 10.2. The minimum absolute atomic E-state index is 0.0148. The van der Waals surface area contributed by atoms with Gasteiger partial charge in [-0.15, -0.1) is 0 Å². The van der Waals surface area contributed by atoms with Gasteiger partial charge < -0.3 is 20.1 Å². The molecule has 0 saturated heterocycles. The summed E-state index contributed by atoms with van der Waals surface area (Å²) in [5, 5.41) is 9.90. The maximum absolute atomic E-state index is 12.3. The molecule has 3 rings (SSSR count). The second-order valence-corrected chi connectivity index (χ2v) is 5.53. The highest BCUT2D eigenvalue weighted by atomic mass is 16.3. The summed E-state index contributed by atoms with van der Waals surface area (Å²) in [7, 11) is 0. The lowest BCUT2D eigenvalue weighted by Crippen LogP contribution is -2.46. The monoisotopic (exact) mass is 336 g/mol. The highest BCUT2D eigenvalue weighted by Gasteiger charge is 2.05. The van der Waals surface area contributed by atoms with Crippen LogP contribution in [0.3, 0.4) is 0 Å². The SMILES string of the molecule is C=C(C)c1[nH]cnc1/C=c1\[nH]c(=O)/c(=C/c2ccccc2O)[nH]c1=O. The quantitative estimate of drug-likeness (QED) is 0.546.